The third kappa shape index (κ3) is 4.44. The van der Waals surface area contributed by atoms with Crippen LogP contribution < -0.4 is 0 Å². The smallest absolute Gasteiger partial charge is 0.373 e. The van der Waals surface area contributed by atoms with Crippen LogP contribution in [0.3, 0.4) is 0 Å². The van der Waals surface area contributed by atoms with Crippen LogP contribution >= 0.6 is 0 Å². The first-order chi connectivity index (χ1) is 11.1. The van der Waals surface area contributed by atoms with Gasteiger partial charge in [-0.1, -0.05) is 17.3 Å². The van der Waals surface area contributed by atoms with Gasteiger partial charge < -0.3 is 18.7 Å². The van der Waals surface area contributed by atoms with E-state index in [0.29, 0.717) is 11.3 Å². The Balaban J connectivity index is 1.86. The molecule has 2 rings (SSSR count). The zero-order chi connectivity index (χ0) is 16.7. The number of hydrogen-bond donors (Lipinski definition) is 0. The summed E-state index contributed by atoms with van der Waals surface area (Å²) in [5.41, 5.74) is 1.21. The maximum absolute atomic E-state index is 11.3. The fourth-order valence-corrected chi connectivity index (χ4v) is 1.69. The van der Waals surface area contributed by atoms with E-state index in [2.05, 4.69) is 14.6 Å². The number of hydrogen-bond acceptors (Lipinski definition) is 7. The number of furan rings is 1. The number of carbonyl (C=O) groups excluding carboxylic acids is 2. The molecule has 7 heteroatoms. The van der Waals surface area contributed by atoms with Gasteiger partial charge in [0.05, 0.1) is 26.0 Å². The number of methoxy groups -OCH3 is 2. The highest BCUT2D eigenvalue weighted by Crippen LogP contribution is 2.10. The van der Waals surface area contributed by atoms with Crippen LogP contribution in [0.25, 0.3) is 0 Å². The molecule has 0 aliphatic rings. The third-order valence-corrected chi connectivity index (χ3v) is 2.86. The van der Waals surface area contributed by atoms with Crippen molar-refractivity contribution in [1.29, 1.82) is 0 Å². The van der Waals surface area contributed by atoms with Gasteiger partial charge in [-0.25, -0.2) is 9.59 Å². The lowest BCUT2D eigenvalue weighted by molar-refractivity contribution is 0.0552. The molecule has 0 unspecified atom stereocenters. The summed E-state index contributed by atoms with van der Waals surface area (Å²) in [7, 11) is 2.60. The van der Waals surface area contributed by atoms with E-state index >= 15 is 0 Å². The van der Waals surface area contributed by atoms with E-state index in [4.69, 9.17) is 9.25 Å². The first kappa shape index (κ1) is 16.3. The molecule has 0 amide bonds. The Labute approximate surface area is 132 Å². The summed E-state index contributed by atoms with van der Waals surface area (Å²) in [6.45, 7) is 0.0771. The fraction of sp³-hybridized carbons (Fsp3) is 0.188. The van der Waals surface area contributed by atoms with E-state index in [1.807, 2.05) is 0 Å². The molecule has 1 aromatic heterocycles. The Kier molecular flexibility index (Phi) is 5.51. The lowest BCUT2D eigenvalue weighted by atomic mass is 10.1. The fourth-order valence-electron chi connectivity index (χ4n) is 1.69. The number of esters is 2. The van der Waals surface area contributed by atoms with E-state index in [-0.39, 0.29) is 12.4 Å². The molecule has 0 saturated heterocycles. The van der Waals surface area contributed by atoms with Gasteiger partial charge >= 0.3 is 11.9 Å². The summed E-state index contributed by atoms with van der Waals surface area (Å²) in [5.74, 6) is -0.397. The zero-order valence-electron chi connectivity index (χ0n) is 12.6. The monoisotopic (exact) mass is 317 g/mol. The Morgan fingerprint density at radius 1 is 1.04 bits per heavy atom. The van der Waals surface area contributed by atoms with E-state index in [1.165, 1.54) is 26.5 Å². The first-order valence-electron chi connectivity index (χ1n) is 6.64. The molecule has 23 heavy (non-hydrogen) atoms. The summed E-state index contributed by atoms with van der Waals surface area (Å²) in [6.07, 6.45) is 1.49. The van der Waals surface area contributed by atoms with E-state index in [0.717, 1.165) is 5.56 Å². The normalized spacial score (nSPS) is 10.5. The van der Waals surface area contributed by atoms with Gasteiger partial charge in [-0.2, -0.15) is 0 Å². The molecule has 0 N–H and O–H groups in total. The topological polar surface area (TPSA) is 87.3 Å². The molecular weight excluding hydrogens is 302 g/mol. The first-order valence-corrected chi connectivity index (χ1v) is 6.64. The second-order valence-electron chi connectivity index (χ2n) is 4.38. The SMILES string of the molecule is COC(=O)c1ccc(/C=N\OCc2ccc(C(=O)OC)o2)cc1. The van der Waals surface area contributed by atoms with Crippen molar-refractivity contribution in [3.8, 4) is 0 Å². The number of nitrogens with zero attached hydrogens (tertiary/aromatic N) is 1. The van der Waals surface area contributed by atoms with Gasteiger partial charge in [-0.05, 0) is 29.8 Å². The maximum atomic E-state index is 11.3. The molecule has 0 aliphatic heterocycles. The van der Waals surface area contributed by atoms with Crippen LogP contribution in [0.5, 0.6) is 0 Å². The molecule has 0 saturated carbocycles. The van der Waals surface area contributed by atoms with Crippen molar-refractivity contribution >= 4 is 18.2 Å². The van der Waals surface area contributed by atoms with Crippen LogP contribution in [0.2, 0.25) is 0 Å². The quantitative estimate of drug-likeness (QED) is 0.462. The summed E-state index contributed by atoms with van der Waals surface area (Å²) in [4.78, 5) is 27.6. The zero-order valence-corrected chi connectivity index (χ0v) is 12.6. The summed E-state index contributed by atoms with van der Waals surface area (Å²) in [5, 5.41) is 3.79. The minimum Gasteiger partial charge on any atom is -0.465 e. The van der Waals surface area contributed by atoms with E-state index < -0.39 is 11.9 Å². The Hall–Kier alpha value is -3.09. The van der Waals surface area contributed by atoms with Crippen LogP contribution in [0.15, 0.2) is 46.0 Å². The van der Waals surface area contributed by atoms with Gasteiger partial charge in [0.1, 0.15) is 5.76 Å². The molecule has 0 atom stereocenters. The summed E-state index contributed by atoms with van der Waals surface area (Å²) >= 11 is 0. The number of benzene rings is 1. The van der Waals surface area contributed by atoms with Crippen molar-refractivity contribution in [3.63, 3.8) is 0 Å². The van der Waals surface area contributed by atoms with Crippen LogP contribution in [0.4, 0.5) is 0 Å². The summed E-state index contributed by atoms with van der Waals surface area (Å²) in [6, 6.07) is 9.78. The molecule has 120 valence electrons. The number of ether oxygens (including phenoxy) is 2. The Bertz CT molecular complexity index is 702. The van der Waals surface area contributed by atoms with Crippen molar-refractivity contribution in [2.24, 2.45) is 5.16 Å². The largest absolute Gasteiger partial charge is 0.465 e. The lowest BCUT2D eigenvalue weighted by Crippen LogP contribution is -2.00. The highest BCUT2D eigenvalue weighted by atomic mass is 16.6. The minimum absolute atomic E-state index is 0.0771. The molecule has 0 aliphatic carbocycles. The second-order valence-corrected chi connectivity index (χ2v) is 4.38. The van der Waals surface area contributed by atoms with Gasteiger partial charge in [-0.3, -0.25) is 0 Å². The highest BCUT2D eigenvalue weighted by Gasteiger charge is 2.10. The molecule has 1 heterocycles. The average molecular weight is 317 g/mol. The highest BCUT2D eigenvalue weighted by molar-refractivity contribution is 5.90. The van der Waals surface area contributed by atoms with Crippen molar-refractivity contribution in [2.75, 3.05) is 14.2 Å². The molecule has 0 bridgehead atoms. The van der Waals surface area contributed by atoms with Crippen molar-refractivity contribution in [3.05, 3.63) is 59.0 Å². The van der Waals surface area contributed by atoms with Crippen molar-refractivity contribution < 1.29 is 28.3 Å². The van der Waals surface area contributed by atoms with Crippen molar-refractivity contribution in [2.45, 2.75) is 6.61 Å². The van der Waals surface area contributed by atoms with Gasteiger partial charge in [0.25, 0.3) is 0 Å². The van der Waals surface area contributed by atoms with Gasteiger partial charge in [-0.15, -0.1) is 0 Å². The minimum atomic E-state index is -0.551. The Morgan fingerprint density at radius 3 is 2.39 bits per heavy atom. The molecule has 2 aromatic rings. The number of oxime groups is 1. The molecule has 0 fully saturated rings. The predicted octanol–water partition coefficient (Wildman–Crippen LogP) is 2.40. The van der Waals surface area contributed by atoms with Gasteiger partial charge in [0, 0.05) is 0 Å². The maximum Gasteiger partial charge on any atom is 0.373 e. The molecule has 7 nitrogen and oxygen atoms in total. The standard InChI is InChI=1S/C16H15NO6/c1-20-15(18)12-5-3-11(4-6-12)9-17-22-10-13-7-8-14(23-13)16(19)21-2/h3-9H,10H2,1-2H3/b17-9-. The summed E-state index contributed by atoms with van der Waals surface area (Å²) < 4.78 is 14.4. The van der Waals surface area contributed by atoms with Gasteiger partial charge in [0.2, 0.25) is 5.76 Å². The number of carbonyl (C=O) groups is 2. The second kappa shape index (κ2) is 7.79. The van der Waals surface area contributed by atoms with Gasteiger partial charge in [0.15, 0.2) is 6.61 Å². The molecular formula is C16H15NO6. The molecule has 0 spiro atoms. The molecule has 1 aromatic carbocycles. The predicted molar refractivity (Wildman–Crippen MR) is 80.2 cm³/mol. The van der Waals surface area contributed by atoms with E-state index in [9.17, 15) is 9.59 Å². The molecule has 0 radical (unpaired) electrons. The third-order valence-electron chi connectivity index (χ3n) is 2.86. The van der Waals surface area contributed by atoms with E-state index in [1.54, 1.807) is 30.3 Å². The average Bonchev–Trinajstić information content (AvgIpc) is 3.06. The van der Waals surface area contributed by atoms with Crippen LogP contribution in [-0.2, 0) is 20.9 Å². The van der Waals surface area contributed by atoms with Crippen LogP contribution in [0, 0.1) is 0 Å². The van der Waals surface area contributed by atoms with Crippen molar-refractivity contribution in [1.82, 2.24) is 0 Å². The van der Waals surface area contributed by atoms with Crippen LogP contribution in [-0.4, -0.2) is 32.4 Å². The lowest BCUT2D eigenvalue weighted by Gasteiger charge is -1.99. The van der Waals surface area contributed by atoms with Crippen LogP contribution in [0.1, 0.15) is 32.2 Å². The number of rotatable bonds is 6. The Morgan fingerprint density at radius 2 is 1.74 bits per heavy atom.